The summed E-state index contributed by atoms with van der Waals surface area (Å²) >= 11 is 0. The van der Waals surface area contributed by atoms with Crippen molar-refractivity contribution < 1.29 is 22.7 Å². The lowest BCUT2D eigenvalue weighted by Crippen LogP contribution is -2.35. The Bertz CT molecular complexity index is 1030. The molecule has 0 bridgehead atoms. The maximum absolute atomic E-state index is 12.6. The Morgan fingerprint density at radius 3 is 2.15 bits per heavy atom. The topological polar surface area (TPSA) is 87.2 Å². The molecule has 1 aromatic rings. The minimum Gasteiger partial charge on any atom is -0.497 e. The van der Waals surface area contributed by atoms with Crippen LogP contribution in [0.3, 0.4) is 0 Å². The number of rotatable bonds is 11. The van der Waals surface area contributed by atoms with E-state index < -0.39 is 10.0 Å². The summed E-state index contributed by atoms with van der Waals surface area (Å²) in [4.78, 5) is 27.7. The second kappa shape index (κ2) is 15.7. The van der Waals surface area contributed by atoms with Gasteiger partial charge in [0, 0.05) is 40.5 Å². The van der Waals surface area contributed by atoms with Gasteiger partial charge in [-0.05, 0) is 101 Å². The van der Waals surface area contributed by atoms with E-state index in [-0.39, 0.29) is 23.1 Å². The highest BCUT2D eigenvalue weighted by Crippen LogP contribution is 2.31. The van der Waals surface area contributed by atoms with Crippen LogP contribution >= 0.6 is 0 Å². The van der Waals surface area contributed by atoms with Gasteiger partial charge in [0.05, 0.1) is 18.6 Å². The number of methoxy groups -OCH3 is 1. The second-order valence-corrected chi connectivity index (χ2v) is 13.4. The van der Waals surface area contributed by atoms with Crippen molar-refractivity contribution in [2.24, 2.45) is 11.8 Å². The third-order valence-corrected chi connectivity index (χ3v) is 10.1. The molecule has 0 N–H and O–H groups in total. The molecular formula is C30H51N3O5S. The van der Waals surface area contributed by atoms with Gasteiger partial charge in [-0.2, -0.15) is 4.31 Å². The van der Waals surface area contributed by atoms with Crippen LogP contribution in [0.2, 0.25) is 0 Å². The summed E-state index contributed by atoms with van der Waals surface area (Å²) in [6, 6.07) is 3.36. The molecule has 1 aliphatic heterocycles. The van der Waals surface area contributed by atoms with Crippen LogP contribution in [0, 0.1) is 25.7 Å². The van der Waals surface area contributed by atoms with Gasteiger partial charge in [0.2, 0.25) is 15.9 Å². The van der Waals surface area contributed by atoms with Crippen LogP contribution in [0.4, 0.5) is 0 Å². The fourth-order valence-corrected chi connectivity index (χ4v) is 7.42. The van der Waals surface area contributed by atoms with E-state index in [1.54, 1.807) is 32.9 Å². The maximum Gasteiger partial charge on any atom is 0.243 e. The molecule has 1 aliphatic carbocycles. The molecular weight excluding hydrogens is 514 g/mol. The number of hydrogen-bond donors (Lipinski definition) is 0. The molecule has 39 heavy (non-hydrogen) atoms. The molecule has 2 aliphatic rings. The van der Waals surface area contributed by atoms with E-state index in [2.05, 4.69) is 4.90 Å². The van der Waals surface area contributed by atoms with Gasteiger partial charge in [-0.25, -0.2) is 8.42 Å². The molecule has 222 valence electrons. The van der Waals surface area contributed by atoms with E-state index in [1.807, 2.05) is 18.9 Å². The predicted octanol–water partition coefficient (Wildman–Crippen LogP) is 4.67. The van der Waals surface area contributed by atoms with Gasteiger partial charge in [0.25, 0.3) is 0 Å². The Morgan fingerprint density at radius 1 is 1.03 bits per heavy atom. The van der Waals surface area contributed by atoms with Gasteiger partial charge in [0.15, 0.2) is 0 Å². The monoisotopic (exact) mass is 565 g/mol. The van der Waals surface area contributed by atoms with Crippen molar-refractivity contribution in [3.63, 3.8) is 0 Å². The van der Waals surface area contributed by atoms with E-state index in [0.29, 0.717) is 29.7 Å². The minimum absolute atomic E-state index is 0.0765. The number of ketones is 1. The summed E-state index contributed by atoms with van der Waals surface area (Å²) in [5, 5.41) is 0. The normalized spacial score (nSPS) is 19.9. The summed E-state index contributed by atoms with van der Waals surface area (Å²) < 4.78 is 31.5. The molecule has 1 saturated carbocycles. The third kappa shape index (κ3) is 10.2. The Morgan fingerprint density at radius 2 is 1.62 bits per heavy atom. The van der Waals surface area contributed by atoms with Gasteiger partial charge >= 0.3 is 0 Å². The van der Waals surface area contributed by atoms with E-state index in [9.17, 15) is 18.0 Å². The Balaban J connectivity index is 0.000000276. The molecule has 3 rings (SSSR count). The number of hydrogen-bond acceptors (Lipinski definition) is 6. The molecule has 0 spiro atoms. The number of benzene rings is 1. The number of Topliss-reactive ketones (excluding diaryl/α,β-unsaturated/α-hetero) is 1. The first-order valence-electron chi connectivity index (χ1n) is 14.5. The number of carbonyl (C=O) groups excluding carboxylic acids is 2. The molecule has 1 amide bonds. The van der Waals surface area contributed by atoms with Crippen molar-refractivity contribution in [3.05, 3.63) is 23.3 Å². The van der Waals surface area contributed by atoms with Crippen LogP contribution in [0.1, 0.15) is 76.3 Å². The molecule has 9 heteroatoms. The molecule has 1 saturated heterocycles. The molecule has 8 nitrogen and oxygen atoms in total. The van der Waals surface area contributed by atoms with Gasteiger partial charge < -0.3 is 14.5 Å². The van der Waals surface area contributed by atoms with E-state index in [1.165, 1.54) is 72.3 Å². The first-order valence-corrected chi connectivity index (χ1v) is 15.9. The highest BCUT2D eigenvalue weighted by molar-refractivity contribution is 7.89. The smallest absolute Gasteiger partial charge is 0.243 e. The highest BCUT2D eigenvalue weighted by Gasteiger charge is 2.27. The zero-order valence-electron chi connectivity index (χ0n) is 25.3. The Labute approximate surface area is 237 Å². The average molecular weight is 566 g/mol. The van der Waals surface area contributed by atoms with Crippen molar-refractivity contribution in [1.29, 1.82) is 0 Å². The lowest BCUT2D eigenvalue weighted by molar-refractivity contribution is -0.128. The van der Waals surface area contributed by atoms with Gasteiger partial charge in [-0.3, -0.25) is 9.59 Å². The SMILES string of the molecule is CC(=O)N(C)CC1CCCC(CN2CCCC2)C1.CCCC(=O)CN(C)S(=O)(=O)c1c(C)cc(OC)cc1C. The summed E-state index contributed by atoms with van der Waals surface area (Å²) in [5.41, 5.74) is 1.23. The van der Waals surface area contributed by atoms with Crippen LogP contribution < -0.4 is 4.74 Å². The number of likely N-dealkylation sites (tertiary alicyclic amines) is 1. The van der Waals surface area contributed by atoms with Crippen molar-refractivity contribution >= 4 is 21.7 Å². The number of carbonyl (C=O) groups is 2. The lowest BCUT2D eigenvalue weighted by Gasteiger charge is -2.33. The molecule has 0 radical (unpaired) electrons. The molecule has 2 atom stereocenters. The number of amides is 1. The fourth-order valence-electron chi connectivity index (χ4n) is 5.86. The first kappa shape index (κ1) is 33.2. The van der Waals surface area contributed by atoms with Gasteiger partial charge in [-0.1, -0.05) is 13.3 Å². The highest BCUT2D eigenvalue weighted by atomic mass is 32.2. The Kier molecular flexibility index (Phi) is 13.4. The quantitative estimate of drug-likeness (QED) is 0.388. The second-order valence-electron chi connectivity index (χ2n) is 11.4. The third-order valence-electron chi connectivity index (χ3n) is 7.94. The number of aryl methyl sites for hydroxylation is 2. The summed E-state index contributed by atoms with van der Waals surface area (Å²) in [6.07, 6.45) is 9.29. The van der Waals surface area contributed by atoms with Crippen LogP contribution in [0.15, 0.2) is 17.0 Å². The zero-order chi connectivity index (χ0) is 29.2. The zero-order valence-corrected chi connectivity index (χ0v) is 26.1. The maximum atomic E-state index is 12.6. The van der Waals surface area contributed by atoms with Crippen molar-refractivity contribution in [2.45, 2.75) is 84.0 Å². The van der Waals surface area contributed by atoms with Gasteiger partial charge in [-0.15, -0.1) is 0 Å². The van der Waals surface area contributed by atoms with Crippen molar-refractivity contribution in [3.8, 4) is 5.75 Å². The molecule has 2 unspecified atom stereocenters. The number of sulfonamides is 1. The Hall–Kier alpha value is -1.97. The number of ether oxygens (including phenoxy) is 1. The number of nitrogens with zero attached hydrogens (tertiary/aromatic N) is 3. The molecule has 2 fully saturated rings. The van der Waals surface area contributed by atoms with Crippen LogP contribution in [-0.4, -0.2) is 88.1 Å². The lowest BCUT2D eigenvalue weighted by atomic mass is 9.81. The molecule has 1 heterocycles. The molecule has 1 aromatic carbocycles. The summed E-state index contributed by atoms with van der Waals surface area (Å²) in [6.45, 7) is 11.8. The van der Waals surface area contributed by atoms with Gasteiger partial charge in [0.1, 0.15) is 11.5 Å². The van der Waals surface area contributed by atoms with E-state index in [4.69, 9.17) is 4.74 Å². The average Bonchev–Trinajstić information content (AvgIpc) is 3.37. The molecule has 0 aromatic heterocycles. The largest absolute Gasteiger partial charge is 0.497 e. The summed E-state index contributed by atoms with van der Waals surface area (Å²) in [5.74, 6) is 2.36. The standard InChI is InChI=1S/C15H28N2O.C15H23NO4S/c1-13(18)16(2)11-14-6-5-7-15(10-14)12-17-8-3-4-9-17;1-6-7-13(17)10-16(4)21(18,19)15-11(2)8-14(20-5)9-12(15)3/h14-15H,3-12H2,1-2H3;8-9H,6-7,10H2,1-5H3. The first-order chi connectivity index (χ1) is 18.4. The van der Waals surface area contributed by atoms with E-state index >= 15 is 0 Å². The van der Waals surface area contributed by atoms with Crippen LogP contribution in [0.5, 0.6) is 5.75 Å². The predicted molar refractivity (Wildman–Crippen MR) is 157 cm³/mol. The van der Waals surface area contributed by atoms with Crippen molar-refractivity contribution in [2.75, 3.05) is 53.9 Å². The van der Waals surface area contributed by atoms with E-state index in [0.717, 1.165) is 22.7 Å². The fraction of sp³-hybridized carbons (Fsp3) is 0.733. The minimum atomic E-state index is -3.68. The van der Waals surface area contributed by atoms with Crippen LogP contribution in [0.25, 0.3) is 0 Å². The van der Waals surface area contributed by atoms with Crippen molar-refractivity contribution in [1.82, 2.24) is 14.1 Å². The summed E-state index contributed by atoms with van der Waals surface area (Å²) in [7, 11) is 1.23. The van der Waals surface area contributed by atoms with Crippen LogP contribution in [-0.2, 0) is 19.6 Å². The number of likely N-dealkylation sites (N-methyl/N-ethyl adjacent to an activating group) is 1.